The number of aliphatic hydroxyl groups excluding tert-OH is 1. The molecule has 0 aliphatic carbocycles. The summed E-state index contributed by atoms with van der Waals surface area (Å²) in [5.74, 6) is 0.0909. The van der Waals surface area contributed by atoms with Crippen LogP contribution in [0.15, 0.2) is 66.7 Å². The Labute approximate surface area is 198 Å². The zero-order valence-electron chi connectivity index (χ0n) is 19.4. The van der Waals surface area contributed by atoms with Gasteiger partial charge in [0.15, 0.2) is 0 Å². The lowest BCUT2D eigenvalue weighted by molar-refractivity contribution is 0.0913. The average Bonchev–Trinajstić information content (AvgIpc) is 3.29. The van der Waals surface area contributed by atoms with Crippen LogP contribution in [0.3, 0.4) is 0 Å². The van der Waals surface area contributed by atoms with Crippen LogP contribution in [0.25, 0.3) is 23.1 Å². The highest BCUT2D eigenvalue weighted by molar-refractivity contribution is 6.05. The fourth-order valence-corrected chi connectivity index (χ4v) is 3.83. The molecule has 1 aromatic heterocycles. The number of rotatable bonds is 8. The van der Waals surface area contributed by atoms with Gasteiger partial charge in [0.2, 0.25) is 0 Å². The first-order chi connectivity index (χ1) is 16.5. The van der Waals surface area contributed by atoms with Gasteiger partial charge in [-0.05, 0) is 41.5 Å². The Bertz CT molecular complexity index is 1290. The SMILES string of the molecule is COc1c(C(=O)N[C@H](CO)c2ccccc2)ccc2[nH]nc(/C=C/c3ccc(N(C)C)cc3)c12. The first-order valence-corrected chi connectivity index (χ1v) is 11.0. The number of aromatic nitrogens is 2. The summed E-state index contributed by atoms with van der Waals surface area (Å²) >= 11 is 0. The minimum absolute atomic E-state index is 0.216. The van der Waals surface area contributed by atoms with Crippen LogP contribution in [0.5, 0.6) is 5.75 Å². The Morgan fingerprint density at radius 2 is 1.82 bits per heavy atom. The topological polar surface area (TPSA) is 90.5 Å². The maximum Gasteiger partial charge on any atom is 0.255 e. The number of carbonyl (C=O) groups is 1. The molecule has 0 aliphatic rings. The molecule has 34 heavy (non-hydrogen) atoms. The second kappa shape index (κ2) is 10.2. The quantitative estimate of drug-likeness (QED) is 0.368. The number of methoxy groups -OCH3 is 1. The van der Waals surface area contributed by atoms with E-state index in [4.69, 9.17) is 4.74 Å². The van der Waals surface area contributed by atoms with Gasteiger partial charge in [-0.15, -0.1) is 0 Å². The Morgan fingerprint density at radius 1 is 1.09 bits per heavy atom. The summed E-state index contributed by atoms with van der Waals surface area (Å²) < 4.78 is 5.67. The maximum absolute atomic E-state index is 13.2. The molecular formula is C27H28N4O3. The fourth-order valence-electron chi connectivity index (χ4n) is 3.83. The van der Waals surface area contributed by atoms with Gasteiger partial charge in [0, 0.05) is 19.8 Å². The Balaban J connectivity index is 1.64. The zero-order chi connectivity index (χ0) is 24.1. The largest absolute Gasteiger partial charge is 0.495 e. The molecule has 0 aliphatic heterocycles. The van der Waals surface area contributed by atoms with E-state index in [9.17, 15) is 9.90 Å². The second-order valence-electron chi connectivity index (χ2n) is 8.12. The molecule has 4 aromatic rings. The number of benzene rings is 3. The van der Waals surface area contributed by atoms with Crippen LogP contribution < -0.4 is 15.0 Å². The van der Waals surface area contributed by atoms with Crippen molar-refractivity contribution < 1.29 is 14.6 Å². The molecule has 3 aromatic carbocycles. The number of fused-ring (bicyclic) bond motifs is 1. The summed E-state index contributed by atoms with van der Waals surface area (Å²) in [6, 6.07) is 20.5. The van der Waals surface area contributed by atoms with Gasteiger partial charge in [-0.2, -0.15) is 5.10 Å². The number of hydrogen-bond donors (Lipinski definition) is 3. The highest BCUT2D eigenvalue weighted by Crippen LogP contribution is 2.32. The summed E-state index contributed by atoms with van der Waals surface area (Å²) in [6.45, 7) is -0.216. The van der Waals surface area contributed by atoms with Crippen molar-refractivity contribution >= 4 is 34.6 Å². The standard InChI is InChI=1S/C27H28N4O3/c1-31(2)20-12-9-18(10-13-20)11-15-22-25-23(30-29-22)16-14-21(26(25)34-3)27(33)28-24(17-32)19-7-5-4-6-8-19/h4-16,24,32H,17H2,1-3H3,(H,28,33)(H,29,30)/b15-11+/t24-/m1/s1. The van der Waals surface area contributed by atoms with Gasteiger partial charge < -0.3 is 20.1 Å². The van der Waals surface area contributed by atoms with Crippen LogP contribution in [-0.2, 0) is 0 Å². The van der Waals surface area contributed by atoms with Gasteiger partial charge in [-0.25, -0.2) is 0 Å². The fraction of sp³-hybridized carbons (Fsp3) is 0.185. The van der Waals surface area contributed by atoms with Gasteiger partial charge in [-0.3, -0.25) is 9.89 Å². The number of carbonyl (C=O) groups excluding carboxylic acids is 1. The molecular weight excluding hydrogens is 428 g/mol. The summed E-state index contributed by atoms with van der Waals surface area (Å²) in [7, 11) is 5.54. The van der Waals surface area contributed by atoms with E-state index >= 15 is 0 Å². The molecule has 0 spiro atoms. The first kappa shape index (κ1) is 23.1. The molecule has 7 heteroatoms. The van der Waals surface area contributed by atoms with Crippen molar-refractivity contribution in [1.82, 2.24) is 15.5 Å². The molecule has 1 atom stereocenters. The van der Waals surface area contributed by atoms with Crippen LogP contribution in [0, 0.1) is 0 Å². The van der Waals surface area contributed by atoms with Crippen molar-refractivity contribution in [2.24, 2.45) is 0 Å². The van der Waals surface area contributed by atoms with Crippen molar-refractivity contribution in [2.75, 3.05) is 32.7 Å². The van der Waals surface area contributed by atoms with Crippen LogP contribution in [-0.4, -0.2) is 49.0 Å². The third kappa shape index (κ3) is 4.79. The monoisotopic (exact) mass is 456 g/mol. The zero-order valence-corrected chi connectivity index (χ0v) is 19.4. The number of amides is 1. The minimum Gasteiger partial charge on any atom is -0.495 e. The summed E-state index contributed by atoms with van der Waals surface area (Å²) in [5.41, 5.74) is 4.78. The Hall–Kier alpha value is -4.10. The van der Waals surface area contributed by atoms with Gasteiger partial charge in [0.05, 0.1) is 41.9 Å². The lowest BCUT2D eigenvalue weighted by Gasteiger charge is -2.18. The lowest BCUT2D eigenvalue weighted by Crippen LogP contribution is -2.31. The number of aromatic amines is 1. The van der Waals surface area contributed by atoms with E-state index in [0.717, 1.165) is 27.7 Å². The predicted molar refractivity (Wildman–Crippen MR) is 136 cm³/mol. The number of hydrogen-bond acceptors (Lipinski definition) is 5. The van der Waals surface area contributed by atoms with Crippen molar-refractivity contribution in [3.05, 3.63) is 89.1 Å². The van der Waals surface area contributed by atoms with E-state index < -0.39 is 6.04 Å². The van der Waals surface area contributed by atoms with Crippen LogP contribution in [0.2, 0.25) is 0 Å². The van der Waals surface area contributed by atoms with E-state index in [1.807, 2.05) is 73.6 Å². The molecule has 0 saturated carbocycles. The average molecular weight is 457 g/mol. The van der Waals surface area contributed by atoms with Gasteiger partial charge in [0.25, 0.3) is 5.91 Å². The number of anilines is 1. The minimum atomic E-state index is -0.525. The number of H-pyrrole nitrogens is 1. The van der Waals surface area contributed by atoms with E-state index in [1.54, 1.807) is 12.1 Å². The first-order valence-electron chi connectivity index (χ1n) is 11.0. The van der Waals surface area contributed by atoms with Crippen molar-refractivity contribution in [3.63, 3.8) is 0 Å². The molecule has 1 heterocycles. The van der Waals surface area contributed by atoms with Crippen molar-refractivity contribution in [1.29, 1.82) is 0 Å². The van der Waals surface area contributed by atoms with Crippen LogP contribution >= 0.6 is 0 Å². The van der Waals surface area contributed by atoms with Crippen molar-refractivity contribution in [2.45, 2.75) is 6.04 Å². The van der Waals surface area contributed by atoms with Crippen LogP contribution in [0.4, 0.5) is 5.69 Å². The Morgan fingerprint density at radius 3 is 2.47 bits per heavy atom. The highest BCUT2D eigenvalue weighted by Gasteiger charge is 2.21. The molecule has 0 unspecified atom stereocenters. The second-order valence-corrected chi connectivity index (χ2v) is 8.12. The predicted octanol–water partition coefficient (Wildman–Crippen LogP) is 4.27. The number of aliphatic hydroxyl groups is 1. The van der Waals surface area contributed by atoms with Gasteiger partial charge in [0.1, 0.15) is 5.75 Å². The molecule has 4 rings (SSSR count). The van der Waals surface area contributed by atoms with E-state index in [0.29, 0.717) is 17.0 Å². The molecule has 7 nitrogen and oxygen atoms in total. The van der Waals surface area contributed by atoms with Gasteiger partial charge in [-0.1, -0.05) is 48.5 Å². The molecule has 174 valence electrons. The van der Waals surface area contributed by atoms with E-state index in [2.05, 4.69) is 27.6 Å². The molecule has 0 bridgehead atoms. The number of nitrogens with zero attached hydrogens (tertiary/aromatic N) is 2. The van der Waals surface area contributed by atoms with E-state index in [-0.39, 0.29) is 12.5 Å². The normalized spacial score (nSPS) is 12.1. The molecule has 3 N–H and O–H groups in total. The summed E-state index contributed by atoms with van der Waals surface area (Å²) in [5, 5.41) is 20.9. The number of nitrogens with one attached hydrogen (secondary N) is 2. The van der Waals surface area contributed by atoms with Gasteiger partial charge >= 0.3 is 0 Å². The van der Waals surface area contributed by atoms with Crippen LogP contribution in [0.1, 0.15) is 33.2 Å². The molecule has 0 fully saturated rings. The lowest BCUT2D eigenvalue weighted by atomic mass is 10.0. The smallest absolute Gasteiger partial charge is 0.255 e. The number of ether oxygens (including phenoxy) is 1. The summed E-state index contributed by atoms with van der Waals surface area (Å²) in [4.78, 5) is 15.2. The van der Waals surface area contributed by atoms with E-state index in [1.165, 1.54) is 7.11 Å². The molecule has 0 saturated heterocycles. The summed E-state index contributed by atoms with van der Waals surface area (Å²) in [6.07, 6.45) is 3.87. The molecule has 0 radical (unpaired) electrons. The maximum atomic E-state index is 13.2. The third-order valence-electron chi connectivity index (χ3n) is 5.69. The molecule has 1 amide bonds. The third-order valence-corrected chi connectivity index (χ3v) is 5.69. The Kier molecular flexibility index (Phi) is 6.94. The van der Waals surface area contributed by atoms with Crippen molar-refractivity contribution in [3.8, 4) is 5.75 Å². The highest BCUT2D eigenvalue weighted by atomic mass is 16.5.